The molecule has 0 unspecified atom stereocenters. The van der Waals surface area contributed by atoms with Gasteiger partial charge in [0.2, 0.25) is 10.0 Å². The number of carbonyl (C=O) groups is 2. The molecule has 0 saturated heterocycles. The van der Waals surface area contributed by atoms with E-state index in [4.69, 9.17) is 9.47 Å². The molecule has 8 nitrogen and oxygen atoms in total. The highest BCUT2D eigenvalue weighted by atomic mass is 32.2. The summed E-state index contributed by atoms with van der Waals surface area (Å²) in [5.41, 5.74) is 0.842. The van der Waals surface area contributed by atoms with Gasteiger partial charge >= 0.3 is 5.97 Å². The summed E-state index contributed by atoms with van der Waals surface area (Å²) in [6.45, 7) is 3.82. The van der Waals surface area contributed by atoms with Crippen molar-refractivity contribution >= 4 is 21.9 Å². The molecule has 162 valence electrons. The summed E-state index contributed by atoms with van der Waals surface area (Å²) >= 11 is 0. The van der Waals surface area contributed by atoms with Crippen LogP contribution in [0.1, 0.15) is 29.8 Å². The average Bonchev–Trinajstić information content (AvgIpc) is 2.76. The number of hydrogen-bond donors (Lipinski definition) is 1. The van der Waals surface area contributed by atoms with Crippen LogP contribution < -0.4 is 10.1 Å². The van der Waals surface area contributed by atoms with E-state index < -0.39 is 21.9 Å². The Labute approximate surface area is 176 Å². The molecule has 0 aliphatic rings. The number of carbonyl (C=O) groups excluding carboxylic acids is 2. The zero-order valence-electron chi connectivity index (χ0n) is 17.3. The van der Waals surface area contributed by atoms with Gasteiger partial charge in [0, 0.05) is 13.1 Å². The maximum Gasteiger partial charge on any atom is 0.325 e. The lowest BCUT2D eigenvalue weighted by Gasteiger charge is -2.19. The fourth-order valence-electron chi connectivity index (χ4n) is 2.77. The van der Waals surface area contributed by atoms with Crippen molar-refractivity contribution in [2.75, 3.05) is 26.7 Å². The number of rotatable bonds is 10. The van der Waals surface area contributed by atoms with Crippen molar-refractivity contribution in [3.8, 4) is 5.75 Å². The second-order valence-corrected chi connectivity index (χ2v) is 8.22. The Balaban J connectivity index is 2.09. The molecule has 0 atom stereocenters. The van der Waals surface area contributed by atoms with Gasteiger partial charge in [-0.3, -0.25) is 9.59 Å². The van der Waals surface area contributed by atoms with E-state index in [1.807, 2.05) is 30.3 Å². The first-order valence-electron chi connectivity index (χ1n) is 9.49. The Morgan fingerprint density at radius 1 is 1.03 bits per heavy atom. The van der Waals surface area contributed by atoms with Gasteiger partial charge < -0.3 is 14.8 Å². The Hall–Kier alpha value is -2.91. The van der Waals surface area contributed by atoms with E-state index in [0.717, 1.165) is 5.56 Å². The minimum Gasteiger partial charge on any atom is -0.496 e. The number of nitrogens with zero attached hydrogens (tertiary/aromatic N) is 1. The van der Waals surface area contributed by atoms with Crippen molar-refractivity contribution < 1.29 is 27.5 Å². The summed E-state index contributed by atoms with van der Waals surface area (Å²) < 4.78 is 37.1. The lowest BCUT2D eigenvalue weighted by atomic mass is 10.2. The third-order valence-electron chi connectivity index (χ3n) is 4.39. The first-order valence-corrected chi connectivity index (χ1v) is 10.9. The molecule has 0 heterocycles. The molecule has 30 heavy (non-hydrogen) atoms. The first kappa shape index (κ1) is 23.4. The van der Waals surface area contributed by atoms with Gasteiger partial charge in [0.15, 0.2) is 0 Å². The largest absolute Gasteiger partial charge is 0.496 e. The fraction of sp³-hybridized carbons (Fsp3) is 0.333. The van der Waals surface area contributed by atoms with Crippen molar-refractivity contribution in [3.63, 3.8) is 0 Å². The van der Waals surface area contributed by atoms with Crippen LogP contribution in [0.3, 0.4) is 0 Å². The molecule has 0 aromatic heterocycles. The minimum atomic E-state index is -3.75. The van der Waals surface area contributed by atoms with E-state index >= 15 is 0 Å². The number of ether oxygens (including phenoxy) is 2. The van der Waals surface area contributed by atoms with Crippen molar-refractivity contribution in [3.05, 3.63) is 59.7 Å². The monoisotopic (exact) mass is 434 g/mol. The van der Waals surface area contributed by atoms with Crippen LogP contribution in [-0.4, -0.2) is 51.3 Å². The van der Waals surface area contributed by atoms with Gasteiger partial charge in [0.05, 0.1) is 17.6 Å². The average molecular weight is 435 g/mol. The van der Waals surface area contributed by atoms with Crippen LogP contribution in [0.4, 0.5) is 0 Å². The lowest BCUT2D eigenvalue weighted by molar-refractivity contribution is -0.143. The Morgan fingerprint density at radius 3 is 2.30 bits per heavy atom. The quantitative estimate of drug-likeness (QED) is 0.575. The highest BCUT2D eigenvalue weighted by Crippen LogP contribution is 2.24. The zero-order chi connectivity index (χ0) is 22.1. The summed E-state index contributed by atoms with van der Waals surface area (Å²) in [6.07, 6.45) is 0. The molecule has 2 aromatic carbocycles. The number of nitrogens with one attached hydrogen (secondary N) is 1. The summed E-state index contributed by atoms with van der Waals surface area (Å²) in [7, 11) is -2.37. The molecule has 0 fully saturated rings. The number of methoxy groups -OCH3 is 1. The van der Waals surface area contributed by atoms with Gasteiger partial charge in [-0.15, -0.1) is 0 Å². The summed E-state index contributed by atoms with van der Waals surface area (Å²) in [5, 5.41) is 2.44. The normalized spacial score (nSPS) is 11.2. The second-order valence-electron chi connectivity index (χ2n) is 6.28. The standard InChI is InChI=1S/C21H26N2O6S/c1-4-23(5-2)30(26,27)17-11-12-19(28-3)18(13-17)21(25)22-14-20(24)29-15-16-9-7-6-8-10-16/h6-13H,4-5,14-15H2,1-3H3,(H,22,25). The molecule has 0 aliphatic carbocycles. The highest BCUT2D eigenvalue weighted by molar-refractivity contribution is 7.89. The lowest BCUT2D eigenvalue weighted by Crippen LogP contribution is -2.32. The zero-order valence-corrected chi connectivity index (χ0v) is 18.1. The van der Waals surface area contributed by atoms with Crippen molar-refractivity contribution in [2.24, 2.45) is 0 Å². The Kier molecular flexibility index (Phi) is 8.37. The molecule has 0 radical (unpaired) electrons. The number of sulfonamides is 1. The third kappa shape index (κ3) is 5.80. The molecule has 2 rings (SSSR count). The first-order chi connectivity index (χ1) is 14.3. The molecule has 0 bridgehead atoms. The molecular formula is C21H26N2O6S. The smallest absolute Gasteiger partial charge is 0.325 e. The molecule has 0 aliphatic heterocycles. The van der Waals surface area contributed by atoms with Crippen molar-refractivity contribution in [2.45, 2.75) is 25.3 Å². The summed E-state index contributed by atoms with van der Waals surface area (Å²) in [4.78, 5) is 24.5. The second kappa shape index (κ2) is 10.7. The maximum absolute atomic E-state index is 12.7. The van der Waals surface area contributed by atoms with Gasteiger partial charge in [-0.1, -0.05) is 44.2 Å². The minimum absolute atomic E-state index is 0.0154. The number of amides is 1. The fourth-order valence-corrected chi connectivity index (χ4v) is 4.26. The van der Waals surface area contributed by atoms with Crippen LogP contribution in [0.2, 0.25) is 0 Å². The molecule has 2 aromatic rings. The predicted octanol–water partition coefficient (Wildman–Crippen LogP) is 2.20. The van der Waals surface area contributed by atoms with Crippen LogP contribution >= 0.6 is 0 Å². The van der Waals surface area contributed by atoms with Crippen LogP contribution in [0, 0.1) is 0 Å². The van der Waals surface area contributed by atoms with Crippen LogP contribution in [0.5, 0.6) is 5.75 Å². The Bertz CT molecular complexity index is 972. The van der Waals surface area contributed by atoms with Gasteiger partial charge in [0.1, 0.15) is 18.9 Å². The van der Waals surface area contributed by atoms with E-state index in [-0.39, 0.29) is 29.4 Å². The number of benzene rings is 2. The van der Waals surface area contributed by atoms with Crippen molar-refractivity contribution in [1.82, 2.24) is 9.62 Å². The molecule has 1 N–H and O–H groups in total. The topological polar surface area (TPSA) is 102 Å². The molecule has 0 spiro atoms. The number of esters is 1. The SMILES string of the molecule is CCN(CC)S(=O)(=O)c1ccc(OC)c(C(=O)NCC(=O)OCc2ccccc2)c1. The van der Waals surface area contributed by atoms with Gasteiger partial charge in [0.25, 0.3) is 5.91 Å². The Morgan fingerprint density at radius 2 is 1.70 bits per heavy atom. The van der Waals surface area contributed by atoms with Gasteiger partial charge in [-0.05, 0) is 23.8 Å². The van der Waals surface area contributed by atoms with Crippen molar-refractivity contribution in [1.29, 1.82) is 0 Å². The van der Waals surface area contributed by atoms with Crippen LogP contribution in [0.25, 0.3) is 0 Å². The predicted molar refractivity (Wildman–Crippen MR) is 112 cm³/mol. The molecular weight excluding hydrogens is 408 g/mol. The highest BCUT2D eigenvalue weighted by Gasteiger charge is 2.24. The van der Waals surface area contributed by atoms with Crippen LogP contribution in [-0.2, 0) is 26.2 Å². The molecule has 9 heteroatoms. The summed E-state index contributed by atoms with van der Waals surface area (Å²) in [6, 6.07) is 13.2. The third-order valence-corrected chi connectivity index (χ3v) is 6.44. The van der Waals surface area contributed by atoms with E-state index in [0.29, 0.717) is 13.1 Å². The van der Waals surface area contributed by atoms with E-state index in [1.54, 1.807) is 13.8 Å². The van der Waals surface area contributed by atoms with Gasteiger partial charge in [-0.2, -0.15) is 4.31 Å². The summed E-state index contributed by atoms with van der Waals surface area (Å²) in [5.74, 6) is -1.05. The van der Waals surface area contributed by atoms with Crippen LogP contribution in [0.15, 0.2) is 53.4 Å². The van der Waals surface area contributed by atoms with E-state index in [2.05, 4.69) is 5.32 Å². The van der Waals surface area contributed by atoms with Gasteiger partial charge in [-0.25, -0.2) is 8.42 Å². The van der Waals surface area contributed by atoms with E-state index in [1.165, 1.54) is 29.6 Å². The van der Waals surface area contributed by atoms with E-state index in [9.17, 15) is 18.0 Å². The number of hydrogen-bond acceptors (Lipinski definition) is 6. The maximum atomic E-state index is 12.7. The molecule has 1 amide bonds. The molecule has 0 saturated carbocycles.